The lowest BCUT2D eigenvalue weighted by atomic mass is 10.0. The van der Waals surface area contributed by atoms with Gasteiger partial charge in [0.1, 0.15) is 11.4 Å². The van der Waals surface area contributed by atoms with E-state index in [0.29, 0.717) is 16.6 Å². The number of nitrogens with zero attached hydrogens (tertiary/aromatic N) is 5. The standard InChI is InChI=1S/C26H22ClN5O/c1-16-5-7-19(8-6-16)18(3)32-14-21(27)12-22-25(29-30-26(22)32)20-9-10-23(24(11-20)33-4)31-13-17(2)28-15-31/h5-15H,3H2,1-2,4H3. The van der Waals surface area contributed by atoms with E-state index in [-0.39, 0.29) is 0 Å². The maximum absolute atomic E-state index is 6.51. The molecule has 2 aliphatic rings. The Bertz CT molecular complexity index is 1450. The topological polar surface area (TPSA) is 57.8 Å². The molecular weight excluding hydrogens is 434 g/mol. The molecule has 2 aliphatic heterocycles. The molecule has 0 radical (unpaired) electrons. The molecule has 3 heterocycles. The molecule has 0 spiro atoms. The molecule has 0 unspecified atom stereocenters. The number of imidazole rings is 1. The Morgan fingerprint density at radius 3 is 2.48 bits per heavy atom. The number of rotatable bonds is 5. The summed E-state index contributed by atoms with van der Waals surface area (Å²) in [7, 11) is 1.65. The first-order chi connectivity index (χ1) is 15.9. The second-order valence-electron chi connectivity index (χ2n) is 7.94. The van der Waals surface area contributed by atoms with Crippen LogP contribution in [-0.4, -0.2) is 31.4 Å². The minimum atomic E-state index is 0.573. The Hall–Kier alpha value is -3.90. The quantitative estimate of drug-likeness (QED) is 0.324. The van der Waals surface area contributed by atoms with E-state index in [9.17, 15) is 0 Å². The molecule has 3 aromatic rings. The van der Waals surface area contributed by atoms with Crippen LogP contribution in [0.25, 0.3) is 34.0 Å². The van der Waals surface area contributed by atoms with Crippen LogP contribution in [0.15, 0.2) is 73.8 Å². The molecule has 0 aliphatic carbocycles. The molecular formula is C26H22ClN5O. The van der Waals surface area contributed by atoms with E-state index in [2.05, 4.69) is 40.8 Å². The Kier molecular flexibility index (Phi) is 5.23. The van der Waals surface area contributed by atoms with Gasteiger partial charge in [-0.25, -0.2) is 4.98 Å². The predicted molar refractivity (Wildman–Crippen MR) is 131 cm³/mol. The van der Waals surface area contributed by atoms with E-state index < -0.39 is 0 Å². The van der Waals surface area contributed by atoms with Crippen molar-refractivity contribution in [2.75, 3.05) is 7.11 Å². The van der Waals surface area contributed by atoms with Gasteiger partial charge in [0.25, 0.3) is 0 Å². The molecule has 7 heteroatoms. The van der Waals surface area contributed by atoms with Gasteiger partial charge in [-0.2, -0.15) is 0 Å². The van der Waals surface area contributed by atoms with Crippen molar-refractivity contribution < 1.29 is 4.74 Å². The number of halogens is 1. The van der Waals surface area contributed by atoms with Crippen LogP contribution in [-0.2, 0) is 0 Å². The van der Waals surface area contributed by atoms with Crippen LogP contribution in [0.3, 0.4) is 0 Å². The summed E-state index contributed by atoms with van der Waals surface area (Å²) in [5.41, 5.74) is 7.22. The van der Waals surface area contributed by atoms with E-state index >= 15 is 0 Å². The molecule has 0 atom stereocenters. The first-order valence-electron chi connectivity index (χ1n) is 10.4. The number of aryl methyl sites for hydroxylation is 2. The Morgan fingerprint density at radius 1 is 1.00 bits per heavy atom. The Labute approximate surface area is 197 Å². The molecule has 2 aromatic carbocycles. The maximum Gasteiger partial charge on any atom is 0.169 e. The molecule has 1 aromatic heterocycles. The maximum atomic E-state index is 6.51. The van der Waals surface area contributed by atoms with Gasteiger partial charge in [0.05, 0.1) is 29.8 Å². The third kappa shape index (κ3) is 3.79. The lowest BCUT2D eigenvalue weighted by molar-refractivity contribution is 0.413. The summed E-state index contributed by atoms with van der Waals surface area (Å²) in [4.78, 5) is 4.31. The molecule has 0 N–H and O–H groups in total. The van der Waals surface area contributed by atoms with Gasteiger partial charge in [-0.3, -0.25) is 4.57 Å². The zero-order valence-corrected chi connectivity index (χ0v) is 19.3. The van der Waals surface area contributed by atoms with E-state index in [0.717, 1.165) is 39.5 Å². The van der Waals surface area contributed by atoms with E-state index in [1.165, 1.54) is 5.56 Å². The van der Waals surface area contributed by atoms with Crippen molar-refractivity contribution in [3.8, 4) is 34.1 Å². The summed E-state index contributed by atoms with van der Waals surface area (Å²) in [6.45, 7) is 8.29. The highest BCUT2D eigenvalue weighted by molar-refractivity contribution is 6.31. The predicted octanol–water partition coefficient (Wildman–Crippen LogP) is 6.03. The van der Waals surface area contributed by atoms with Crippen LogP contribution in [0.4, 0.5) is 0 Å². The molecule has 0 fully saturated rings. The fourth-order valence-corrected chi connectivity index (χ4v) is 4.08. The highest BCUT2D eigenvalue weighted by atomic mass is 35.5. The molecule has 164 valence electrons. The molecule has 6 nitrogen and oxygen atoms in total. The number of aromatic nitrogens is 5. The first-order valence-corrected chi connectivity index (χ1v) is 10.8. The molecule has 0 saturated heterocycles. The number of ether oxygens (including phenoxy) is 1. The average Bonchev–Trinajstić information content (AvgIpc) is 3.44. The van der Waals surface area contributed by atoms with E-state index in [1.807, 2.05) is 64.8 Å². The number of methoxy groups -OCH3 is 1. The van der Waals surface area contributed by atoms with Gasteiger partial charge in [0.2, 0.25) is 0 Å². The minimum Gasteiger partial charge on any atom is -0.495 e. The van der Waals surface area contributed by atoms with Crippen LogP contribution >= 0.6 is 11.6 Å². The molecule has 5 rings (SSSR count). The highest BCUT2D eigenvalue weighted by Gasteiger charge is 2.22. The van der Waals surface area contributed by atoms with Crippen LogP contribution in [0.1, 0.15) is 16.8 Å². The third-order valence-corrected chi connectivity index (χ3v) is 5.83. The molecule has 0 bridgehead atoms. The smallest absolute Gasteiger partial charge is 0.169 e. The first kappa shape index (κ1) is 21.0. The zero-order chi connectivity index (χ0) is 23.1. The average molecular weight is 456 g/mol. The largest absolute Gasteiger partial charge is 0.495 e. The minimum absolute atomic E-state index is 0.573. The van der Waals surface area contributed by atoms with Gasteiger partial charge in [0, 0.05) is 29.2 Å². The van der Waals surface area contributed by atoms with Crippen LogP contribution in [0, 0.1) is 13.8 Å². The van der Waals surface area contributed by atoms with Gasteiger partial charge in [-0.1, -0.05) is 54.1 Å². The van der Waals surface area contributed by atoms with Gasteiger partial charge < -0.3 is 9.30 Å². The summed E-state index contributed by atoms with van der Waals surface area (Å²) in [5, 5.41) is 9.54. The van der Waals surface area contributed by atoms with E-state index in [4.69, 9.17) is 16.3 Å². The van der Waals surface area contributed by atoms with E-state index in [1.54, 1.807) is 13.4 Å². The molecule has 0 saturated carbocycles. The van der Waals surface area contributed by atoms with Gasteiger partial charge in [0.15, 0.2) is 5.82 Å². The number of pyridine rings is 1. The van der Waals surface area contributed by atoms with Crippen molar-refractivity contribution in [1.82, 2.24) is 24.3 Å². The Morgan fingerprint density at radius 2 is 1.79 bits per heavy atom. The second-order valence-corrected chi connectivity index (χ2v) is 8.37. The fraction of sp³-hybridized carbons (Fsp3) is 0.115. The monoisotopic (exact) mass is 455 g/mol. The lowest BCUT2D eigenvalue weighted by Crippen LogP contribution is -2.03. The normalized spacial score (nSPS) is 11.2. The van der Waals surface area contributed by atoms with Crippen molar-refractivity contribution in [2.24, 2.45) is 0 Å². The van der Waals surface area contributed by atoms with Gasteiger partial charge in [-0.15, -0.1) is 10.2 Å². The van der Waals surface area contributed by atoms with Crippen LogP contribution in [0.2, 0.25) is 5.02 Å². The third-order valence-electron chi connectivity index (χ3n) is 5.62. The number of fused-ring (bicyclic) bond motifs is 1. The summed E-state index contributed by atoms with van der Waals surface area (Å²) in [6.07, 6.45) is 5.54. The van der Waals surface area contributed by atoms with Crippen molar-refractivity contribution in [3.05, 3.63) is 95.7 Å². The zero-order valence-electron chi connectivity index (χ0n) is 18.6. The Balaban J connectivity index is 1.57. The van der Waals surface area contributed by atoms with Crippen molar-refractivity contribution in [3.63, 3.8) is 0 Å². The van der Waals surface area contributed by atoms with Crippen molar-refractivity contribution >= 4 is 17.3 Å². The number of benzene rings is 2. The highest BCUT2D eigenvalue weighted by Crippen LogP contribution is 2.38. The molecule has 0 amide bonds. The van der Waals surface area contributed by atoms with Crippen molar-refractivity contribution in [1.29, 1.82) is 0 Å². The number of hydrogen-bond donors (Lipinski definition) is 0. The summed E-state index contributed by atoms with van der Waals surface area (Å²) in [6, 6.07) is 16.0. The summed E-state index contributed by atoms with van der Waals surface area (Å²) in [5.74, 6) is 1.40. The SMILES string of the molecule is C=C(c1ccc(C)cc1)n1cc(Cl)cc2c(-c3ccc(-n4cnc(C)c4)c(OC)c3)nnc1-2. The summed E-state index contributed by atoms with van der Waals surface area (Å²) < 4.78 is 9.49. The van der Waals surface area contributed by atoms with Crippen LogP contribution in [0.5, 0.6) is 5.75 Å². The molecule has 33 heavy (non-hydrogen) atoms. The lowest BCUT2D eigenvalue weighted by Gasteiger charge is -2.16. The van der Waals surface area contributed by atoms with Crippen molar-refractivity contribution in [2.45, 2.75) is 13.8 Å². The van der Waals surface area contributed by atoms with Gasteiger partial charge in [-0.05, 0) is 37.6 Å². The van der Waals surface area contributed by atoms with Gasteiger partial charge >= 0.3 is 0 Å². The second kappa shape index (κ2) is 8.22. The van der Waals surface area contributed by atoms with Crippen LogP contribution < -0.4 is 4.74 Å². The number of hydrogen-bond acceptors (Lipinski definition) is 4. The summed E-state index contributed by atoms with van der Waals surface area (Å²) >= 11 is 6.51. The fourth-order valence-electron chi connectivity index (χ4n) is 3.88.